The summed E-state index contributed by atoms with van der Waals surface area (Å²) < 4.78 is 5.95. The second-order valence-corrected chi connectivity index (χ2v) is 4.57. The van der Waals surface area contributed by atoms with Gasteiger partial charge in [-0.1, -0.05) is 28.1 Å². The van der Waals surface area contributed by atoms with E-state index in [1.54, 1.807) is 12.5 Å². The number of hydrogen-bond acceptors (Lipinski definition) is 2. The fraction of sp³-hybridized carbons (Fsp3) is 0.154. The first-order chi connectivity index (χ1) is 7.74. The third-order valence-corrected chi connectivity index (χ3v) is 2.82. The van der Waals surface area contributed by atoms with Gasteiger partial charge in [-0.3, -0.25) is 4.79 Å². The van der Waals surface area contributed by atoms with Gasteiger partial charge in [0.2, 0.25) is 0 Å². The predicted molar refractivity (Wildman–Crippen MR) is 65.3 cm³/mol. The first-order valence-electron chi connectivity index (χ1n) is 5.01. The van der Waals surface area contributed by atoms with Gasteiger partial charge in [0, 0.05) is 17.3 Å². The predicted octanol–water partition coefficient (Wildman–Crippen LogP) is 3.40. The Bertz CT molecular complexity index is 457. The summed E-state index contributed by atoms with van der Waals surface area (Å²) in [7, 11) is 0. The summed E-state index contributed by atoms with van der Waals surface area (Å²) >= 11 is 3.36. The number of Topliss-reactive ketones (excluding diaryl/α,β-unsaturated/α-hetero) is 1. The molecule has 0 spiro atoms. The zero-order valence-corrected chi connectivity index (χ0v) is 10.2. The Balaban J connectivity index is 1.95. The molecule has 0 aliphatic heterocycles. The number of halogens is 1. The monoisotopic (exact) mass is 278 g/mol. The molecule has 0 saturated carbocycles. The Morgan fingerprint density at radius 3 is 2.38 bits per heavy atom. The molecule has 0 radical (unpaired) electrons. The van der Waals surface area contributed by atoms with Crippen LogP contribution >= 0.6 is 15.9 Å². The molecule has 82 valence electrons. The Hall–Kier alpha value is -1.35. The maximum Gasteiger partial charge on any atom is 0.141 e. The maximum absolute atomic E-state index is 11.7. The summed E-state index contributed by atoms with van der Waals surface area (Å²) in [6.45, 7) is 0. The van der Waals surface area contributed by atoms with Crippen LogP contribution in [-0.4, -0.2) is 5.78 Å². The molecule has 0 fully saturated rings. The fourth-order valence-corrected chi connectivity index (χ4v) is 1.78. The van der Waals surface area contributed by atoms with Crippen molar-refractivity contribution in [2.45, 2.75) is 12.8 Å². The number of carbonyl (C=O) groups excluding carboxylic acids is 1. The molecule has 2 rings (SSSR count). The quantitative estimate of drug-likeness (QED) is 0.858. The van der Waals surface area contributed by atoms with Crippen LogP contribution in [0.5, 0.6) is 0 Å². The van der Waals surface area contributed by atoms with E-state index in [0.717, 1.165) is 15.6 Å². The molecule has 0 saturated heterocycles. The van der Waals surface area contributed by atoms with Crippen molar-refractivity contribution in [2.75, 3.05) is 0 Å². The average Bonchev–Trinajstić information content (AvgIpc) is 2.74. The standard InChI is InChI=1S/C13H11BrO2/c14-12-3-1-10(2-4-12)7-13(15)8-11-5-6-16-9-11/h1-6,9H,7-8H2. The van der Waals surface area contributed by atoms with E-state index >= 15 is 0 Å². The molecule has 16 heavy (non-hydrogen) atoms. The third-order valence-electron chi connectivity index (χ3n) is 2.30. The maximum atomic E-state index is 11.7. The normalized spacial score (nSPS) is 10.3. The lowest BCUT2D eigenvalue weighted by Crippen LogP contribution is -2.05. The Labute approximate surface area is 102 Å². The lowest BCUT2D eigenvalue weighted by Gasteiger charge is -2.00. The van der Waals surface area contributed by atoms with Crippen molar-refractivity contribution >= 4 is 21.7 Å². The summed E-state index contributed by atoms with van der Waals surface area (Å²) in [5.74, 6) is 0.198. The lowest BCUT2D eigenvalue weighted by atomic mass is 10.0. The van der Waals surface area contributed by atoms with Crippen LogP contribution in [0.2, 0.25) is 0 Å². The van der Waals surface area contributed by atoms with Crippen LogP contribution in [0.3, 0.4) is 0 Å². The smallest absolute Gasteiger partial charge is 0.141 e. The molecule has 0 atom stereocenters. The summed E-state index contributed by atoms with van der Waals surface area (Å²) in [4.78, 5) is 11.7. The number of rotatable bonds is 4. The summed E-state index contributed by atoms with van der Waals surface area (Å²) in [6.07, 6.45) is 4.10. The van der Waals surface area contributed by atoms with Crippen LogP contribution in [0.15, 0.2) is 51.7 Å². The minimum Gasteiger partial charge on any atom is -0.472 e. The minimum absolute atomic E-state index is 0.198. The molecule has 0 unspecified atom stereocenters. The molecule has 0 aliphatic rings. The molecule has 3 heteroatoms. The molecule has 0 N–H and O–H groups in total. The van der Waals surface area contributed by atoms with Gasteiger partial charge in [0.1, 0.15) is 5.78 Å². The zero-order chi connectivity index (χ0) is 11.4. The largest absolute Gasteiger partial charge is 0.472 e. The minimum atomic E-state index is 0.198. The van der Waals surface area contributed by atoms with Gasteiger partial charge in [-0.25, -0.2) is 0 Å². The van der Waals surface area contributed by atoms with E-state index in [0.29, 0.717) is 12.8 Å². The molecule has 2 nitrogen and oxygen atoms in total. The second kappa shape index (κ2) is 5.12. The highest BCUT2D eigenvalue weighted by Crippen LogP contribution is 2.12. The summed E-state index contributed by atoms with van der Waals surface area (Å²) in [6, 6.07) is 9.62. The van der Waals surface area contributed by atoms with Crippen molar-refractivity contribution < 1.29 is 9.21 Å². The third kappa shape index (κ3) is 3.07. The van der Waals surface area contributed by atoms with Crippen molar-refractivity contribution in [3.63, 3.8) is 0 Å². The Morgan fingerprint density at radius 2 is 1.75 bits per heavy atom. The van der Waals surface area contributed by atoms with Gasteiger partial charge in [0.05, 0.1) is 12.5 Å². The highest BCUT2D eigenvalue weighted by atomic mass is 79.9. The van der Waals surface area contributed by atoms with E-state index < -0.39 is 0 Å². The number of carbonyl (C=O) groups is 1. The molecular weight excluding hydrogens is 268 g/mol. The Kier molecular flexibility index (Phi) is 3.57. The van der Waals surface area contributed by atoms with Gasteiger partial charge >= 0.3 is 0 Å². The number of ketones is 1. The Morgan fingerprint density at radius 1 is 1.06 bits per heavy atom. The van der Waals surface area contributed by atoms with Gasteiger partial charge in [-0.05, 0) is 29.3 Å². The van der Waals surface area contributed by atoms with Crippen LogP contribution in [-0.2, 0) is 17.6 Å². The van der Waals surface area contributed by atoms with Crippen molar-refractivity contribution in [1.29, 1.82) is 0 Å². The van der Waals surface area contributed by atoms with Crippen molar-refractivity contribution in [1.82, 2.24) is 0 Å². The molecule has 0 amide bonds. The highest BCUT2D eigenvalue weighted by Gasteiger charge is 2.05. The molecule has 2 aromatic rings. The molecule has 1 aromatic carbocycles. The second-order valence-electron chi connectivity index (χ2n) is 3.65. The number of benzene rings is 1. The summed E-state index contributed by atoms with van der Waals surface area (Å²) in [5, 5.41) is 0. The first-order valence-corrected chi connectivity index (χ1v) is 5.80. The number of hydrogen-bond donors (Lipinski definition) is 0. The summed E-state index contributed by atoms with van der Waals surface area (Å²) in [5.41, 5.74) is 1.97. The van der Waals surface area contributed by atoms with Gasteiger partial charge < -0.3 is 4.42 Å². The van der Waals surface area contributed by atoms with Gasteiger partial charge in [0.25, 0.3) is 0 Å². The first kappa shape index (κ1) is 11.1. The molecule has 0 bridgehead atoms. The fourth-order valence-electron chi connectivity index (χ4n) is 1.51. The lowest BCUT2D eigenvalue weighted by molar-refractivity contribution is -0.117. The van der Waals surface area contributed by atoms with Crippen LogP contribution in [0.25, 0.3) is 0 Å². The van der Waals surface area contributed by atoms with Crippen LogP contribution in [0, 0.1) is 0 Å². The van der Waals surface area contributed by atoms with E-state index in [2.05, 4.69) is 15.9 Å². The van der Waals surface area contributed by atoms with Crippen LogP contribution < -0.4 is 0 Å². The van der Waals surface area contributed by atoms with Crippen LogP contribution in [0.4, 0.5) is 0 Å². The molecule has 1 aromatic heterocycles. The average molecular weight is 279 g/mol. The SMILES string of the molecule is O=C(Cc1ccc(Br)cc1)Cc1ccoc1. The van der Waals surface area contributed by atoms with Gasteiger partial charge in [-0.15, -0.1) is 0 Å². The van der Waals surface area contributed by atoms with E-state index in [1.165, 1.54) is 0 Å². The highest BCUT2D eigenvalue weighted by molar-refractivity contribution is 9.10. The van der Waals surface area contributed by atoms with Gasteiger partial charge in [0.15, 0.2) is 0 Å². The van der Waals surface area contributed by atoms with E-state index in [4.69, 9.17) is 4.42 Å². The van der Waals surface area contributed by atoms with Crippen LogP contribution in [0.1, 0.15) is 11.1 Å². The topological polar surface area (TPSA) is 30.2 Å². The van der Waals surface area contributed by atoms with E-state index in [-0.39, 0.29) is 5.78 Å². The molecule has 1 heterocycles. The van der Waals surface area contributed by atoms with Crippen molar-refractivity contribution in [3.05, 3.63) is 58.5 Å². The van der Waals surface area contributed by atoms with Crippen molar-refractivity contribution in [2.24, 2.45) is 0 Å². The zero-order valence-electron chi connectivity index (χ0n) is 8.65. The van der Waals surface area contributed by atoms with E-state index in [1.807, 2.05) is 30.3 Å². The van der Waals surface area contributed by atoms with E-state index in [9.17, 15) is 4.79 Å². The molecular formula is C13H11BrO2. The van der Waals surface area contributed by atoms with Gasteiger partial charge in [-0.2, -0.15) is 0 Å². The molecule has 0 aliphatic carbocycles. The van der Waals surface area contributed by atoms with Crippen molar-refractivity contribution in [3.8, 4) is 0 Å². The number of furan rings is 1.